The van der Waals surface area contributed by atoms with Gasteiger partial charge in [-0.2, -0.15) is 4.31 Å². The first kappa shape index (κ1) is 15.5. The van der Waals surface area contributed by atoms with E-state index in [1.807, 2.05) is 19.9 Å². The van der Waals surface area contributed by atoms with Crippen molar-refractivity contribution in [3.05, 3.63) is 29.8 Å². The lowest BCUT2D eigenvalue weighted by molar-refractivity contribution is 0.205. The molecule has 0 spiro atoms. The van der Waals surface area contributed by atoms with Gasteiger partial charge in [-0.05, 0) is 37.5 Å². The number of benzene rings is 1. The molecule has 1 aromatic rings. The normalized spacial score (nSPS) is 18.6. The van der Waals surface area contributed by atoms with Crippen molar-refractivity contribution in [2.75, 3.05) is 13.1 Å². The Kier molecular flexibility index (Phi) is 4.52. The number of nitrogens with two attached hydrogens (primary N) is 1. The molecule has 0 aliphatic heterocycles. The Balaban J connectivity index is 2.45. The zero-order valence-electron chi connectivity index (χ0n) is 12.3. The molecule has 2 rings (SSSR count). The molecule has 0 heterocycles. The van der Waals surface area contributed by atoms with Crippen LogP contribution in [-0.4, -0.2) is 31.4 Å². The van der Waals surface area contributed by atoms with Crippen molar-refractivity contribution in [2.45, 2.75) is 50.0 Å². The van der Waals surface area contributed by atoms with E-state index < -0.39 is 15.6 Å². The van der Waals surface area contributed by atoms with Crippen LogP contribution in [0.2, 0.25) is 0 Å². The van der Waals surface area contributed by atoms with Crippen molar-refractivity contribution < 1.29 is 8.42 Å². The van der Waals surface area contributed by atoms with Crippen molar-refractivity contribution in [1.82, 2.24) is 4.31 Å². The van der Waals surface area contributed by atoms with Crippen molar-refractivity contribution >= 4 is 10.0 Å². The van der Waals surface area contributed by atoms with Gasteiger partial charge in [0.15, 0.2) is 0 Å². The molecular formula is C15H24N2O2S. The molecule has 1 saturated carbocycles. The fraction of sp³-hybridized carbons (Fsp3) is 0.600. The fourth-order valence-corrected chi connectivity index (χ4v) is 5.20. The van der Waals surface area contributed by atoms with Crippen LogP contribution >= 0.6 is 0 Å². The lowest BCUT2D eigenvalue weighted by atomic mass is 9.98. The summed E-state index contributed by atoms with van der Waals surface area (Å²) in [4.78, 5) is 0.374. The fourth-order valence-electron chi connectivity index (χ4n) is 3.25. The highest BCUT2D eigenvalue weighted by molar-refractivity contribution is 7.89. The molecule has 1 aliphatic rings. The Labute approximate surface area is 122 Å². The molecule has 2 N–H and O–H groups in total. The largest absolute Gasteiger partial charge is 0.329 e. The Hall–Kier alpha value is -0.910. The van der Waals surface area contributed by atoms with Gasteiger partial charge in [-0.15, -0.1) is 0 Å². The number of hydrogen-bond acceptors (Lipinski definition) is 3. The zero-order valence-corrected chi connectivity index (χ0v) is 13.1. The monoisotopic (exact) mass is 296 g/mol. The zero-order chi connectivity index (χ0) is 14.8. The topological polar surface area (TPSA) is 63.4 Å². The van der Waals surface area contributed by atoms with E-state index in [-0.39, 0.29) is 0 Å². The summed E-state index contributed by atoms with van der Waals surface area (Å²) < 4.78 is 27.5. The number of aryl methyl sites for hydroxylation is 1. The van der Waals surface area contributed by atoms with E-state index in [1.165, 1.54) is 0 Å². The molecule has 0 saturated heterocycles. The first-order chi connectivity index (χ1) is 9.46. The van der Waals surface area contributed by atoms with Gasteiger partial charge in [0.25, 0.3) is 0 Å². The van der Waals surface area contributed by atoms with E-state index in [0.29, 0.717) is 18.0 Å². The maximum Gasteiger partial charge on any atom is 0.243 e. The average Bonchev–Trinajstić information content (AvgIpc) is 2.89. The number of nitrogens with zero attached hydrogens (tertiary/aromatic N) is 1. The third-order valence-corrected chi connectivity index (χ3v) is 6.38. The molecule has 20 heavy (non-hydrogen) atoms. The summed E-state index contributed by atoms with van der Waals surface area (Å²) in [5.74, 6) is 0. The quantitative estimate of drug-likeness (QED) is 0.906. The highest BCUT2D eigenvalue weighted by atomic mass is 32.2. The van der Waals surface area contributed by atoms with Gasteiger partial charge < -0.3 is 5.73 Å². The van der Waals surface area contributed by atoms with E-state index in [9.17, 15) is 8.42 Å². The number of rotatable bonds is 5. The van der Waals surface area contributed by atoms with E-state index in [1.54, 1.807) is 22.5 Å². The first-order valence-corrected chi connectivity index (χ1v) is 8.70. The smallest absolute Gasteiger partial charge is 0.243 e. The Morgan fingerprint density at radius 2 is 1.95 bits per heavy atom. The molecule has 0 aromatic heterocycles. The molecule has 0 unspecified atom stereocenters. The SMILES string of the molecule is CCN(C1(CN)CCCC1)S(=O)(=O)c1cccc(C)c1. The number of likely N-dealkylation sites (N-methyl/N-ethyl adjacent to an activating group) is 1. The van der Waals surface area contributed by atoms with E-state index in [2.05, 4.69) is 0 Å². The van der Waals surface area contributed by atoms with Crippen LogP contribution < -0.4 is 5.73 Å². The minimum atomic E-state index is -3.47. The second-order valence-electron chi connectivity index (χ2n) is 5.62. The van der Waals surface area contributed by atoms with Crippen molar-refractivity contribution in [1.29, 1.82) is 0 Å². The molecule has 1 aliphatic carbocycles. The van der Waals surface area contributed by atoms with Crippen LogP contribution in [0.15, 0.2) is 29.2 Å². The summed E-state index contributed by atoms with van der Waals surface area (Å²) in [5, 5.41) is 0. The maximum absolute atomic E-state index is 12.9. The lowest BCUT2D eigenvalue weighted by Gasteiger charge is -2.39. The predicted molar refractivity (Wildman–Crippen MR) is 81.0 cm³/mol. The molecule has 4 nitrogen and oxygen atoms in total. The van der Waals surface area contributed by atoms with Gasteiger partial charge in [-0.3, -0.25) is 0 Å². The summed E-state index contributed by atoms with van der Waals surface area (Å²) in [7, 11) is -3.47. The first-order valence-electron chi connectivity index (χ1n) is 7.26. The molecule has 1 aromatic carbocycles. The number of hydrogen-bond donors (Lipinski definition) is 1. The molecule has 5 heteroatoms. The average molecular weight is 296 g/mol. The second kappa shape index (κ2) is 5.84. The van der Waals surface area contributed by atoms with E-state index >= 15 is 0 Å². The number of sulfonamides is 1. The van der Waals surface area contributed by atoms with Crippen LogP contribution in [0.3, 0.4) is 0 Å². The van der Waals surface area contributed by atoms with Crippen LogP contribution in [0.5, 0.6) is 0 Å². The van der Waals surface area contributed by atoms with Crippen LogP contribution in [0, 0.1) is 6.92 Å². The molecule has 1 fully saturated rings. The maximum atomic E-state index is 12.9. The summed E-state index contributed by atoms with van der Waals surface area (Å²) >= 11 is 0. The van der Waals surface area contributed by atoms with Crippen LogP contribution in [0.1, 0.15) is 38.2 Å². The molecule has 0 amide bonds. The van der Waals surface area contributed by atoms with Crippen LogP contribution in [0.25, 0.3) is 0 Å². The third-order valence-electron chi connectivity index (χ3n) is 4.31. The van der Waals surface area contributed by atoms with Gasteiger partial charge in [-0.1, -0.05) is 31.9 Å². The highest BCUT2D eigenvalue weighted by Crippen LogP contribution is 2.37. The summed E-state index contributed by atoms with van der Waals surface area (Å²) in [6, 6.07) is 7.10. The van der Waals surface area contributed by atoms with Gasteiger partial charge in [0.05, 0.1) is 4.90 Å². The summed E-state index contributed by atoms with van der Waals surface area (Å²) in [5.41, 5.74) is 6.51. The molecular weight excluding hydrogens is 272 g/mol. The third kappa shape index (κ3) is 2.62. The Morgan fingerprint density at radius 3 is 2.45 bits per heavy atom. The molecule has 0 atom stereocenters. The van der Waals surface area contributed by atoms with Gasteiger partial charge >= 0.3 is 0 Å². The minimum absolute atomic E-state index is 0.374. The summed E-state index contributed by atoms with van der Waals surface area (Å²) in [6.07, 6.45) is 3.83. The second-order valence-corrected chi connectivity index (χ2v) is 7.48. The summed E-state index contributed by atoms with van der Waals surface area (Å²) in [6.45, 7) is 4.66. The van der Waals surface area contributed by atoms with Crippen molar-refractivity contribution in [2.24, 2.45) is 5.73 Å². The standard InChI is InChI=1S/C15H24N2O2S/c1-3-17(15(12-16)9-4-5-10-15)20(18,19)14-8-6-7-13(2)11-14/h6-8,11H,3-5,9-10,12,16H2,1-2H3. The van der Waals surface area contributed by atoms with Crippen molar-refractivity contribution in [3.63, 3.8) is 0 Å². The van der Waals surface area contributed by atoms with Gasteiger partial charge in [0, 0.05) is 18.6 Å². The minimum Gasteiger partial charge on any atom is -0.329 e. The van der Waals surface area contributed by atoms with E-state index in [4.69, 9.17) is 5.73 Å². The molecule has 0 bridgehead atoms. The van der Waals surface area contributed by atoms with Gasteiger partial charge in [0.2, 0.25) is 10.0 Å². The molecule has 112 valence electrons. The van der Waals surface area contributed by atoms with Gasteiger partial charge in [-0.25, -0.2) is 8.42 Å². The van der Waals surface area contributed by atoms with Crippen LogP contribution in [0.4, 0.5) is 0 Å². The predicted octanol–water partition coefficient (Wildman–Crippen LogP) is 2.28. The van der Waals surface area contributed by atoms with Crippen molar-refractivity contribution in [3.8, 4) is 0 Å². The Morgan fingerprint density at radius 1 is 1.30 bits per heavy atom. The highest BCUT2D eigenvalue weighted by Gasteiger charge is 2.44. The van der Waals surface area contributed by atoms with Gasteiger partial charge in [0.1, 0.15) is 0 Å². The van der Waals surface area contributed by atoms with Crippen LogP contribution in [-0.2, 0) is 10.0 Å². The Bertz CT molecular complexity index is 563. The molecule has 0 radical (unpaired) electrons. The lowest BCUT2D eigenvalue weighted by Crippen LogP contribution is -2.54. The van der Waals surface area contributed by atoms with E-state index in [0.717, 1.165) is 31.2 Å².